The first-order chi connectivity index (χ1) is 23.2. The Morgan fingerprint density at radius 3 is 1.22 bits per heavy atom. The van der Waals surface area contributed by atoms with Gasteiger partial charge in [-0.2, -0.15) is 0 Å². The van der Waals surface area contributed by atoms with Crippen molar-refractivity contribution in [3.05, 3.63) is 106 Å². The maximum atomic E-state index is 9.76. The van der Waals surface area contributed by atoms with Crippen molar-refractivity contribution in [2.45, 2.75) is 25.9 Å². The summed E-state index contributed by atoms with van der Waals surface area (Å²) >= 11 is 12.6. The van der Waals surface area contributed by atoms with Crippen LogP contribution in [0.3, 0.4) is 0 Å². The Kier molecular flexibility index (Phi) is 13.7. The van der Waals surface area contributed by atoms with Crippen molar-refractivity contribution in [3.63, 3.8) is 0 Å². The highest BCUT2D eigenvalue weighted by Crippen LogP contribution is 2.34. The molecule has 264 valence electrons. The number of hydrogen-bond donors (Lipinski definition) is 2. The van der Waals surface area contributed by atoms with E-state index in [0.29, 0.717) is 11.5 Å². The van der Waals surface area contributed by atoms with Crippen LogP contribution in [0.4, 0.5) is 11.4 Å². The topological polar surface area (TPSA) is 103 Å². The van der Waals surface area contributed by atoms with Crippen LogP contribution in [0.1, 0.15) is 37.1 Å². The van der Waals surface area contributed by atoms with Gasteiger partial charge in [-0.25, -0.2) is 0 Å². The molecule has 9 nitrogen and oxygen atoms in total. The van der Waals surface area contributed by atoms with Crippen molar-refractivity contribution >= 4 is 34.6 Å². The summed E-state index contributed by atoms with van der Waals surface area (Å²) in [6, 6.07) is 27.7. The highest BCUT2D eigenvalue weighted by Gasteiger charge is 2.25. The van der Waals surface area contributed by atoms with E-state index in [1.54, 1.807) is 26.4 Å². The molecule has 0 radical (unpaired) electrons. The summed E-state index contributed by atoms with van der Waals surface area (Å²) in [5, 5.41) is 21.1. The third-order valence-electron chi connectivity index (χ3n) is 9.48. The van der Waals surface area contributed by atoms with Gasteiger partial charge in [0.15, 0.2) is 23.0 Å². The molecule has 0 spiro atoms. The summed E-state index contributed by atoms with van der Waals surface area (Å²) in [6.07, 6.45) is 0. The Balaban J connectivity index is 0.000000216. The molecule has 0 bridgehead atoms. The van der Waals surface area contributed by atoms with E-state index in [1.807, 2.05) is 60.7 Å². The van der Waals surface area contributed by atoms with Crippen LogP contribution in [0.2, 0.25) is 10.0 Å². The van der Waals surface area contributed by atoms with Crippen molar-refractivity contribution in [2.24, 2.45) is 0 Å². The van der Waals surface area contributed by atoms with Gasteiger partial charge in [-0.1, -0.05) is 59.6 Å². The Morgan fingerprint density at radius 2 is 0.898 bits per heavy atom. The number of aromatic hydroxyl groups is 2. The molecule has 6 rings (SSSR count). The van der Waals surface area contributed by atoms with Crippen LogP contribution in [-0.2, 0) is 0 Å². The van der Waals surface area contributed by atoms with Gasteiger partial charge < -0.3 is 35.0 Å². The third-order valence-corrected chi connectivity index (χ3v) is 10.1. The van der Waals surface area contributed by atoms with Gasteiger partial charge in [-0.3, -0.25) is 9.80 Å². The summed E-state index contributed by atoms with van der Waals surface area (Å²) in [5.74, 6) is 1.40. The minimum Gasteiger partial charge on any atom is -0.504 e. The number of hydrogen-bond acceptors (Lipinski definition) is 8. The molecule has 2 fully saturated rings. The van der Waals surface area contributed by atoms with Gasteiger partial charge in [0.1, 0.15) is 0 Å². The minimum absolute atomic E-state index is 0. The highest BCUT2D eigenvalue weighted by atomic mass is 35.5. The predicted octanol–water partition coefficient (Wildman–Crippen LogP) is 7.05. The van der Waals surface area contributed by atoms with Crippen LogP contribution >= 0.6 is 23.2 Å². The van der Waals surface area contributed by atoms with Gasteiger partial charge in [-0.15, -0.1) is 0 Å². The van der Waals surface area contributed by atoms with Crippen LogP contribution in [-0.4, -0.2) is 92.1 Å². The number of benzene rings is 4. The van der Waals surface area contributed by atoms with Gasteiger partial charge in [0.2, 0.25) is 0 Å². The van der Waals surface area contributed by atoms with Crippen LogP contribution in [0, 0.1) is 0 Å². The number of methoxy groups -OCH3 is 2. The van der Waals surface area contributed by atoms with Crippen molar-refractivity contribution in [3.8, 4) is 23.0 Å². The molecule has 2 heterocycles. The summed E-state index contributed by atoms with van der Waals surface area (Å²) in [4.78, 5) is 9.56. The second kappa shape index (κ2) is 17.7. The minimum atomic E-state index is 0. The van der Waals surface area contributed by atoms with E-state index in [-0.39, 0.29) is 29.1 Å². The molecule has 0 saturated carbocycles. The Bertz CT molecular complexity index is 1520. The molecule has 4 aromatic carbocycles. The molecule has 2 unspecified atom stereocenters. The van der Waals surface area contributed by atoms with Crippen LogP contribution in [0.25, 0.3) is 0 Å². The first-order valence-electron chi connectivity index (χ1n) is 16.4. The summed E-state index contributed by atoms with van der Waals surface area (Å²) < 4.78 is 10.4. The molecule has 49 heavy (non-hydrogen) atoms. The molecule has 2 atom stereocenters. The molecule has 2 aliphatic heterocycles. The lowest BCUT2D eigenvalue weighted by molar-refractivity contribution is 0.198. The third kappa shape index (κ3) is 9.23. The molecule has 4 N–H and O–H groups in total. The lowest BCUT2D eigenvalue weighted by atomic mass is 10.1. The lowest BCUT2D eigenvalue weighted by Crippen LogP contribution is -2.47. The Hall–Kier alpha value is -3.86. The van der Waals surface area contributed by atoms with E-state index < -0.39 is 0 Å². The van der Waals surface area contributed by atoms with Gasteiger partial charge in [-0.05, 0) is 73.5 Å². The summed E-state index contributed by atoms with van der Waals surface area (Å²) in [6.45, 7) is 12.0. The van der Waals surface area contributed by atoms with E-state index in [1.165, 1.54) is 0 Å². The SMILES string of the molecule is COc1cc(C(C)N2CCN(c3ccccc3Cl)CC2)ccc1O.COc1cc(C(C)N2CCN(c3ccccc3Cl)CC2)ccc1O.O. The zero-order chi connectivity index (χ0) is 34.2. The fourth-order valence-corrected chi connectivity index (χ4v) is 6.96. The molecular weight excluding hydrogens is 663 g/mol. The van der Waals surface area contributed by atoms with E-state index in [2.05, 4.69) is 45.6 Å². The number of para-hydroxylation sites is 2. The first-order valence-corrected chi connectivity index (χ1v) is 17.2. The number of piperazine rings is 2. The van der Waals surface area contributed by atoms with Crippen molar-refractivity contribution < 1.29 is 25.2 Å². The van der Waals surface area contributed by atoms with E-state index in [0.717, 1.165) is 84.9 Å². The Labute approximate surface area is 300 Å². The van der Waals surface area contributed by atoms with Crippen LogP contribution in [0.15, 0.2) is 84.9 Å². The monoisotopic (exact) mass is 710 g/mol. The van der Waals surface area contributed by atoms with E-state index in [4.69, 9.17) is 32.7 Å². The molecule has 2 saturated heterocycles. The van der Waals surface area contributed by atoms with Crippen molar-refractivity contribution in [2.75, 3.05) is 76.4 Å². The molecule has 2 aliphatic rings. The zero-order valence-electron chi connectivity index (χ0n) is 28.7. The van der Waals surface area contributed by atoms with Gasteiger partial charge in [0, 0.05) is 64.4 Å². The second-order valence-corrected chi connectivity index (χ2v) is 13.0. The maximum Gasteiger partial charge on any atom is 0.160 e. The number of phenols is 2. The Morgan fingerprint density at radius 1 is 0.551 bits per heavy atom. The largest absolute Gasteiger partial charge is 0.504 e. The van der Waals surface area contributed by atoms with Crippen LogP contribution < -0.4 is 19.3 Å². The average molecular weight is 712 g/mol. The van der Waals surface area contributed by atoms with Gasteiger partial charge >= 0.3 is 0 Å². The van der Waals surface area contributed by atoms with E-state index >= 15 is 0 Å². The smallest absolute Gasteiger partial charge is 0.160 e. The quantitative estimate of drug-likeness (QED) is 0.201. The number of halogens is 2. The molecule has 11 heteroatoms. The number of ether oxygens (including phenoxy) is 2. The molecule has 0 aliphatic carbocycles. The van der Waals surface area contributed by atoms with Crippen molar-refractivity contribution in [1.82, 2.24) is 9.80 Å². The highest BCUT2D eigenvalue weighted by molar-refractivity contribution is 6.33. The first kappa shape index (κ1) is 38.0. The predicted molar refractivity (Wildman–Crippen MR) is 200 cm³/mol. The summed E-state index contributed by atoms with van der Waals surface area (Å²) in [7, 11) is 3.15. The number of nitrogens with zero attached hydrogens (tertiary/aromatic N) is 4. The lowest BCUT2D eigenvalue weighted by Gasteiger charge is -2.39. The molecule has 0 amide bonds. The fraction of sp³-hybridized carbons (Fsp3) is 0.368. The summed E-state index contributed by atoms with van der Waals surface area (Å²) in [5.41, 5.74) is 4.52. The maximum absolute atomic E-state index is 9.76. The van der Waals surface area contributed by atoms with Gasteiger partial charge in [0.05, 0.1) is 35.6 Å². The zero-order valence-corrected chi connectivity index (χ0v) is 30.2. The normalized spacial score (nSPS) is 16.5. The average Bonchev–Trinajstić information content (AvgIpc) is 3.12. The molecular formula is C38H48Cl2N4O5. The van der Waals surface area contributed by atoms with E-state index in [9.17, 15) is 10.2 Å². The van der Waals surface area contributed by atoms with Gasteiger partial charge in [0.25, 0.3) is 0 Å². The fourth-order valence-electron chi connectivity index (χ4n) is 6.45. The standard InChI is InChI=1S/2C19H23ClN2O2.H2O/c2*1-14(15-7-8-18(23)19(13-15)24-2)21-9-11-22(12-10-21)17-6-4-3-5-16(17)20;/h2*3-8,13-14,23H,9-12H2,1-2H3;1H2. The number of anilines is 2. The second-order valence-electron chi connectivity index (χ2n) is 12.2. The molecule has 0 aromatic heterocycles. The molecule has 4 aromatic rings. The number of rotatable bonds is 8. The van der Waals surface area contributed by atoms with Crippen LogP contribution in [0.5, 0.6) is 23.0 Å². The van der Waals surface area contributed by atoms with Crippen molar-refractivity contribution in [1.29, 1.82) is 0 Å². The number of phenolic OH excluding ortho intramolecular Hbond substituents is 2.